The van der Waals surface area contributed by atoms with E-state index in [0.29, 0.717) is 19.1 Å². The maximum Gasteiger partial charge on any atom is 0.234 e. The van der Waals surface area contributed by atoms with E-state index < -0.39 is 0 Å². The molecule has 0 saturated carbocycles. The number of hydrogen-bond acceptors (Lipinski definition) is 2. The molecule has 0 fully saturated rings. The SMILES string of the molecule is CCC(C)NCC(=O)NCC=C(C)C. The summed E-state index contributed by atoms with van der Waals surface area (Å²) in [6.45, 7) is 9.24. The molecule has 3 heteroatoms. The molecule has 1 unspecified atom stereocenters. The Kier molecular flexibility index (Phi) is 7.11. The van der Waals surface area contributed by atoms with Crippen molar-refractivity contribution in [2.75, 3.05) is 13.1 Å². The summed E-state index contributed by atoms with van der Waals surface area (Å²) in [6.07, 6.45) is 3.04. The van der Waals surface area contributed by atoms with Gasteiger partial charge >= 0.3 is 0 Å². The maximum absolute atomic E-state index is 11.2. The summed E-state index contributed by atoms with van der Waals surface area (Å²) in [5.41, 5.74) is 1.22. The van der Waals surface area contributed by atoms with Crippen molar-refractivity contribution in [3.8, 4) is 0 Å². The van der Waals surface area contributed by atoms with E-state index in [2.05, 4.69) is 24.5 Å². The molecule has 0 aliphatic rings. The van der Waals surface area contributed by atoms with Crippen LogP contribution in [0.25, 0.3) is 0 Å². The van der Waals surface area contributed by atoms with E-state index in [1.165, 1.54) is 5.57 Å². The minimum atomic E-state index is 0.0581. The van der Waals surface area contributed by atoms with Gasteiger partial charge in [-0.15, -0.1) is 0 Å². The molecule has 1 amide bonds. The fourth-order valence-corrected chi connectivity index (χ4v) is 0.843. The van der Waals surface area contributed by atoms with E-state index in [9.17, 15) is 4.79 Å². The van der Waals surface area contributed by atoms with E-state index in [-0.39, 0.29) is 5.91 Å². The Morgan fingerprint density at radius 2 is 2.07 bits per heavy atom. The van der Waals surface area contributed by atoms with Gasteiger partial charge < -0.3 is 10.6 Å². The normalized spacial score (nSPS) is 12.0. The molecule has 1 atom stereocenters. The lowest BCUT2D eigenvalue weighted by atomic mass is 10.2. The molecule has 0 bridgehead atoms. The van der Waals surface area contributed by atoms with Crippen LogP contribution in [0.15, 0.2) is 11.6 Å². The Balaban J connectivity index is 3.51. The minimum Gasteiger partial charge on any atom is -0.352 e. The maximum atomic E-state index is 11.2. The molecule has 14 heavy (non-hydrogen) atoms. The molecule has 2 N–H and O–H groups in total. The van der Waals surface area contributed by atoms with Crippen LogP contribution in [-0.2, 0) is 4.79 Å². The first kappa shape index (κ1) is 13.2. The fraction of sp³-hybridized carbons (Fsp3) is 0.727. The van der Waals surface area contributed by atoms with Gasteiger partial charge in [-0.05, 0) is 27.2 Å². The number of carbonyl (C=O) groups is 1. The molecule has 0 rings (SSSR count). The molecule has 0 aliphatic heterocycles. The zero-order valence-electron chi connectivity index (χ0n) is 9.68. The number of allylic oxidation sites excluding steroid dienone is 1. The summed E-state index contributed by atoms with van der Waals surface area (Å²) in [5.74, 6) is 0.0581. The van der Waals surface area contributed by atoms with Crippen molar-refractivity contribution in [2.45, 2.75) is 40.2 Å². The summed E-state index contributed by atoms with van der Waals surface area (Å²) in [6, 6.07) is 0.407. The highest BCUT2D eigenvalue weighted by molar-refractivity contribution is 5.78. The second kappa shape index (κ2) is 7.56. The zero-order chi connectivity index (χ0) is 11.0. The monoisotopic (exact) mass is 198 g/mol. The van der Waals surface area contributed by atoms with Gasteiger partial charge in [0.2, 0.25) is 5.91 Å². The topological polar surface area (TPSA) is 41.1 Å². The lowest BCUT2D eigenvalue weighted by Gasteiger charge is -2.10. The molecule has 0 spiro atoms. The molecule has 82 valence electrons. The van der Waals surface area contributed by atoms with Crippen molar-refractivity contribution >= 4 is 5.91 Å². The van der Waals surface area contributed by atoms with Crippen molar-refractivity contribution in [3.05, 3.63) is 11.6 Å². The van der Waals surface area contributed by atoms with Crippen LogP contribution in [0.1, 0.15) is 34.1 Å². The highest BCUT2D eigenvalue weighted by Crippen LogP contribution is 1.87. The van der Waals surface area contributed by atoms with Crippen molar-refractivity contribution in [1.29, 1.82) is 0 Å². The summed E-state index contributed by atoms with van der Waals surface area (Å²) in [5, 5.41) is 5.95. The van der Waals surface area contributed by atoms with Crippen LogP contribution in [0, 0.1) is 0 Å². The minimum absolute atomic E-state index is 0.0581. The Labute approximate surface area is 87.0 Å². The number of rotatable bonds is 6. The van der Waals surface area contributed by atoms with Crippen LogP contribution in [-0.4, -0.2) is 25.0 Å². The first-order valence-corrected chi connectivity index (χ1v) is 5.19. The van der Waals surface area contributed by atoms with E-state index in [0.717, 1.165) is 6.42 Å². The number of hydrogen-bond donors (Lipinski definition) is 2. The summed E-state index contributed by atoms with van der Waals surface area (Å²) >= 11 is 0. The average Bonchev–Trinajstić information content (AvgIpc) is 2.13. The van der Waals surface area contributed by atoms with E-state index >= 15 is 0 Å². The first-order valence-electron chi connectivity index (χ1n) is 5.19. The second-order valence-corrected chi connectivity index (χ2v) is 3.78. The van der Waals surface area contributed by atoms with Crippen LogP contribution in [0.4, 0.5) is 0 Å². The van der Waals surface area contributed by atoms with Crippen LogP contribution in [0.3, 0.4) is 0 Å². The Morgan fingerprint density at radius 3 is 2.57 bits per heavy atom. The fourth-order valence-electron chi connectivity index (χ4n) is 0.843. The van der Waals surface area contributed by atoms with Gasteiger partial charge in [-0.1, -0.05) is 18.6 Å². The Bertz CT molecular complexity index is 195. The quantitative estimate of drug-likeness (QED) is 0.634. The molecule has 0 radical (unpaired) electrons. The Hall–Kier alpha value is -0.830. The van der Waals surface area contributed by atoms with Gasteiger partial charge in [0.25, 0.3) is 0 Å². The highest BCUT2D eigenvalue weighted by Gasteiger charge is 2.01. The predicted octanol–water partition coefficient (Wildman–Crippen LogP) is 1.46. The summed E-state index contributed by atoms with van der Waals surface area (Å²) < 4.78 is 0. The predicted molar refractivity (Wildman–Crippen MR) is 60.2 cm³/mol. The molecular formula is C11H22N2O. The third kappa shape index (κ3) is 7.80. The van der Waals surface area contributed by atoms with E-state index in [4.69, 9.17) is 0 Å². The Morgan fingerprint density at radius 1 is 1.43 bits per heavy atom. The summed E-state index contributed by atoms with van der Waals surface area (Å²) in [4.78, 5) is 11.2. The summed E-state index contributed by atoms with van der Waals surface area (Å²) in [7, 11) is 0. The molecule has 0 aromatic heterocycles. The van der Waals surface area contributed by atoms with Gasteiger partial charge in [-0.25, -0.2) is 0 Å². The van der Waals surface area contributed by atoms with Crippen molar-refractivity contribution < 1.29 is 4.79 Å². The van der Waals surface area contributed by atoms with Gasteiger partial charge in [0.1, 0.15) is 0 Å². The van der Waals surface area contributed by atoms with E-state index in [1.54, 1.807) is 0 Å². The number of amides is 1. The largest absolute Gasteiger partial charge is 0.352 e. The lowest BCUT2D eigenvalue weighted by Crippen LogP contribution is -2.37. The van der Waals surface area contributed by atoms with Crippen LogP contribution >= 0.6 is 0 Å². The molecule has 0 saturated heterocycles. The zero-order valence-corrected chi connectivity index (χ0v) is 9.68. The van der Waals surface area contributed by atoms with Crippen molar-refractivity contribution in [1.82, 2.24) is 10.6 Å². The molecule has 0 aromatic rings. The molecule has 0 aromatic carbocycles. The lowest BCUT2D eigenvalue weighted by molar-refractivity contribution is -0.120. The average molecular weight is 198 g/mol. The van der Waals surface area contributed by atoms with Crippen LogP contribution in [0.2, 0.25) is 0 Å². The van der Waals surface area contributed by atoms with Gasteiger partial charge in [0.15, 0.2) is 0 Å². The molecule has 3 nitrogen and oxygen atoms in total. The highest BCUT2D eigenvalue weighted by atomic mass is 16.1. The van der Waals surface area contributed by atoms with E-state index in [1.807, 2.05) is 19.9 Å². The smallest absolute Gasteiger partial charge is 0.234 e. The molecular weight excluding hydrogens is 176 g/mol. The van der Waals surface area contributed by atoms with Crippen LogP contribution in [0.5, 0.6) is 0 Å². The molecule has 0 heterocycles. The van der Waals surface area contributed by atoms with Crippen molar-refractivity contribution in [3.63, 3.8) is 0 Å². The number of carbonyl (C=O) groups excluding carboxylic acids is 1. The third-order valence-corrected chi connectivity index (χ3v) is 2.03. The van der Waals surface area contributed by atoms with Gasteiger partial charge in [0.05, 0.1) is 6.54 Å². The van der Waals surface area contributed by atoms with Crippen molar-refractivity contribution in [2.24, 2.45) is 0 Å². The van der Waals surface area contributed by atoms with Gasteiger partial charge in [-0.3, -0.25) is 4.79 Å². The van der Waals surface area contributed by atoms with Gasteiger partial charge in [0, 0.05) is 12.6 Å². The first-order chi connectivity index (χ1) is 6.56. The van der Waals surface area contributed by atoms with Crippen LogP contribution < -0.4 is 10.6 Å². The standard InChI is InChI=1S/C11H22N2O/c1-5-10(4)13-8-11(14)12-7-6-9(2)3/h6,10,13H,5,7-8H2,1-4H3,(H,12,14). The number of nitrogens with one attached hydrogen (secondary N) is 2. The third-order valence-electron chi connectivity index (χ3n) is 2.03. The molecule has 0 aliphatic carbocycles. The second-order valence-electron chi connectivity index (χ2n) is 3.78. The van der Waals surface area contributed by atoms with Gasteiger partial charge in [-0.2, -0.15) is 0 Å².